The number of hydrogen-bond acceptors (Lipinski definition) is 4. The van der Waals surface area contributed by atoms with Gasteiger partial charge in [-0.05, 0) is 31.0 Å². The van der Waals surface area contributed by atoms with Gasteiger partial charge in [-0.15, -0.1) is 0 Å². The lowest BCUT2D eigenvalue weighted by atomic mass is 9.97. The van der Waals surface area contributed by atoms with E-state index < -0.39 is 0 Å². The highest BCUT2D eigenvalue weighted by atomic mass is 16.5. The largest absolute Gasteiger partial charge is 0.497 e. The molecule has 110 valence electrons. The van der Waals surface area contributed by atoms with Crippen molar-refractivity contribution in [1.29, 1.82) is 0 Å². The SMILES string of the molecule is COc1cccc(NC(=O)COC2CNCCC2C)c1. The van der Waals surface area contributed by atoms with Crippen molar-refractivity contribution in [2.45, 2.75) is 19.4 Å². The molecule has 0 bridgehead atoms. The van der Waals surface area contributed by atoms with E-state index in [0.29, 0.717) is 17.4 Å². The molecular weight excluding hydrogens is 256 g/mol. The summed E-state index contributed by atoms with van der Waals surface area (Å²) >= 11 is 0. The zero-order valence-electron chi connectivity index (χ0n) is 12.0. The maximum atomic E-state index is 11.9. The molecule has 1 heterocycles. The highest BCUT2D eigenvalue weighted by molar-refractivity contribution is 5.91. The lowest BCUT2D eigenvalue weighted by molar-refractivity contribution is -0.124. The molecule has 1 aromatic carbocycles. The summed E-state index contributed by atoms with van der Waals surface area (Å²) in [4.78, 5) is 11.9. The van der Waals surface area contributed by atoms with E-state index in [2.05, 4.69) is 17.6 Å². The predicted molar refractivity (Wildman–Crippen MR) is 78.0 cm³/mol. The second-order valence-corrected chi connectivity index (χ2v) is 5.10. The minimum Gasteiger partial charge on any atom is -0.497 e. The maximum absolute atomic E-state index is 11.9. The molecule has 1 fully saturated rings. The molecule has 2 N–H and O–H groups in total. The van der Waals surface area contributed by atoms with Crippen LogP contribution in [0.5, 0.6) is 5.75 Å². The topological polar surface area (TPSA) is 59.6 Å². The lowest BCUT2D eigenvalue weighted by Gasteiger charge is -2.29. The van der Waals surface area contributed by atoms with E-state index in [9.17, 15) is 4.79 Å². The molecule has 0 radical (unpaired) electrons. The summed E-state index contributed by atoms with van der Waals surface area (Å²) < 4.78 is 10.8. The highest BCUT2D eigenvalue weighted by Crippen LogP contribution is 2.17. The van der Waals surface area contributed by atoms with Gasteiger partial charge in [-0.1, -0.05) is 13.0 Å². The molecular formula is C15H22N2O3. The van der Waals surface area contributed by atoms with Gasteiger partial charge >= 0.3 is 0 Å². The third-order valence-corrected chi connectivity index (χ3v) is 3.54. The van der Waals surface area contributed by atoms with Gasteiger partial charge in [0.15, 0.2) is 0 Å². The second-order valence-electron chi connectivity index (χ2n) is 5.10. The number of nitrogens with one attached hydrogen (secondary N) is 2. The monoisotopic (exact) mass is 278 g/mol. The fraction of sp³-hybridized carbons (Fsp3) is 0.533. The molecule has 5 nitrogen and oxygen atoms in total. The fourth-order valence-corrected chi connectivity index (χ4v) is 2.26. The highest BCUT2D eigenvalue weighted by Gasteiger charge is 2.22. The van der Waals surface area contributed by atoms with Crippen molar-refractivity contribution >= 4 is 11.6 Å². The van der Waals surface area contributed by atoms with Crippen molar-refractivity contribution in [2.24, 2.45) is 5.92 Å². The van der Waals surface area contributed by atoms with Gasteiger partial charge in [-0.3, -0.25) is 4.79 Å². The quantitative estimate of drug-likeness (QED) is 0.860. The van der Waals surface area contributed by atoms with Crippen LogP contribution < -0.4 is 15.4 Å². The Bertz CT molecular complexity index is 450. The Hall–Kier alpha value is -1.59. The number of ether oxygens (including phenoxy) is 2. The van der Waals surface area contributed by atoms with Gasteiger partial charge in [0, 0.05) is 18.3 Å². The molecule has 0 saturated carbocycles. The molecule has 5 heteroatoms. The minimum atomic E-state index is -0.143. The predicted octanol–water partition coefficient (Wildman–Crippen LogP) is 1.65. The number of anilines is 1. The number of carbonyl (C=O) groups is 1. The van der Waals surface area contributed by atoms with Gasteiger partial charge in [0.2, 0.25) is 5.91 Å². The smallest absolute Gasteiger partial charge is 0.250 e. The molecule has 2 atom stereocenters. The number of rotatable bonds is 5. The van der Waals surface area contributed by atoms with E-state index in [-0.39, 0.29) is 18.6 Å². The summed E-state index contributed by atoms with van der Waals surface area (Å²) in [6.45, 7) is 4.07. The van der Waals surface area contributed by atoms with Crippen molar-refractivity contribution in [3.63, 3.8) is 0 Å². The number of carbonyl (C=O) groups excluding carboxylic acids is 1. The van der Waals surface area contributed by atoms with Crippen LogP contribution in [0.25, 0.3) is 0 Å². The normalized spacial score (nSPS) is 22.3. The second kappa shape index (κ2) is 7.26. The first-order valence-electron chi connectivity index (χ1n) is 6.95. The van der Waals surface area contributed by atoms with Crippen molar-refractivity contribution < 1.29 is 14.3 Å². The zero-order chi connectivity index (χ0) is 14.4. The Morgan fingerprint density at radius 1 is 1.50 bits per heavy atom. The number of piperidine rings is 1. The van der Waals surface area contributed by atoms with E-state index in [0.717, 1.165) is 19.5 Å². The van der Waals surface area contributed by atoms with Gasteiger partial charge in [0.25, 0.3) is 0 Å². The van der Waals surface area contributed by atoms with Crippen molar-refractivity contribution in [3.05, 3.63) is 24.3 Å². The standard InChI is InChI=1S/C15H22N2O3/c1-11-6-7-16-9-14(11)20-10-15(18)17-12-4-3-5-13(8-12)19-2/h3-5,8,11,14,16H,6-7,9-10H2,1-2H3,(H,17,18). The number of hydrogen-bond donors (Lipinski definition) is 2. The first kappa shape index (κ1) is 14.8. The number of methoxy groups -OCH3 is 1. The van der Waals surface area contributed by atoms with Gasteiger partial charge in [0.05, 0.1) is 13.2 Å². The summed E-state index contributed by atoms with van der Waals surface area (Å²) in [5, 5.41) is 6.09. The summed E-state index contributed by atoms with van der Waals surface area (Å²) in [7, 11) is 1.60. The zero-order valence-corrected chi connectivity index (χ0v) is 12.0. The first-order chi connectivity index (χ1) is 9.69. The molecule has 0 aromatic heterocycles. The van der Waals surface area contributed by atoms with E-state index in [1.165, 1.54) is 0 Å². The molecule has 1 aliphatic rings. The fourth-order valence-electron chi connectivity index (χ4n) is 2.26. The molecule has 1 amide bonds. The van der Waals surface area contributed by atoms with Crippen molar-refractivity contribution in [2.75, 3.05) is 32.1 Å². The summed E-state index contributed by atoms with van der Waals surface area (Å²) in [6.07, 6.45) is 1.20. The third-order valence-electron chi connectivity index (χ3n) is 3.54. The minimum absolute atomic E-state index is 0.0773. The molecule has 2 rings (SSSR count). The van der Waals surface area contributed by atoms with Crippen LogP contribution in [0, 0.1) is 5.92 Å². The Labute approximate surface area is 119 Å². The van der Waals surface area contributed by atoms with Crippen LogP contribution in [0.1, 0.15) is 13.3 Å². The first-order valence-corrected chi connectivity index (χ1v) is 6.95. The van der Waals surface area contributed by atoms with Crippen molar-refractivity contribution in [3.8, 4) is 5.75 Å². The summed E-state index contributed by atoms with van der Waals surface area (Å²) in [6, 6.07) is 7.28. The Balaban J connectivity index is 1.79. The Morgan fingerprint density at radius 3 is 3.10 bits per heavy atom. The molecule has 2 unspecified atom stereocenters. The van der Waals surface area contributed by atoms with E-state index in [1.807, 2.05) is 18.2 Å². The number of benzene rings is 1. The summed E-state index contributed by atoms with van der Waals surface area (Å²) in [5.41, 5.74) is 0.716. The average molecular weight is 278 g/mol. The van der Waals surface area contributed by atoms with Crippen LogP contribution in [0.15, 0.2) is 24.3 Å². The van der Waals surface area contributed by atoms with Crippen LogP contribution in [0.4, 0.5) is 5.69 Å². The van der Waals surface area contributed by atoms with Crippen LogP contribution >= 0.6 is 0 Å². The molecule has 0 spiro atoms. The van der Waals surface area contributed by atoms with Crippen LogP contribution in [-0.4, -0.2) is 38.8 Å². The molecule has 20 heavy (non-hydrogen) atoms. The third kappa shape index (κ3) is 4.21. The van der Waals surface area contributed by atoms with Crippen LogP contribution in [0.2, 0.25) is 0 Å². The number of amides is 1. The molecule has 1 aromatic rings. The lowest BCUT2D eigenvalue weighted by Crippen LogP contribution is -2.42. The molecule has 0 aliphatic carbocycles. The van der Waals surface area contributed by atoms with E-state index in [1.54, 1.807) is 13.2 Å². The Morgan fingerprint density at radius 2 is 2.35 bits per heavy atom. The van der Waals surface area contributed by atoms with Gasteiger partial charge < -0.3 is 20.1 Å². The van der Waals surface area contributed by atoms with Crippen LogP contribution in [-0.2, 0) is 9.53 Å². The van der Waals surface area contributed by atoms with E-state index >= 15 is 0 Å². The summed E-state index contributed by atoms with van der Waals surface area (Å²) in [5.74, 6) is 1.06. The van der Waals surface area contributed by atoms with Gasteiger partial charge in [-0.25, -0.2) is 0 Å². The Kier molecular flexibility index (Phi) is 5.38. The maximum Gasteiger partial charge on any atom is 0.250 e. The van der Waals surface area contributed by atoms with Gasteiger partial charge in [-0.2, -0.15) is 0 Å². The van der Waals surface area contributed by atoms with Crippen LogP contribution in [0.3, 0.4) is 0 Å². The van der Waals surface area contributed by atoms with E-state index in [4.69, 9.17) is 9.47 Å². The molecule has 1 saturated heterocycles. The van der Waals surface area contributed by atoms with Crippen molar-refractivity contribution in [1.82, 2.24) is 5.32 Å². The average Bonchev–Trinajstić information content (AvgIpc) is 2.46. The molecule has 1 aliphatic heterocycles. The van der Waals surface area contributed by atoms with Gasteiger partial charge in [0.1, 0.15) is 12.4 Å².